The predicted octanol–water partition coefficient (Wildman–Crippen LogP) is 5.62. The molecule has 1 aromatic heterocycles. The van der Waals surface area contributed by atoms with Crippen LogP contribution in [-0.4, -0.2) is 35.3 Å². The molecule has 3 aliphatic carbocycles. The van der Waals surface area contributed by atoms with Crippen LogP contribution in [0.3, 0.4) is 0 Å². The zero-order chi connectivity index (χ0) is 24.5. The molecule has 3 saturated carbocycles. The Morgan fingerprint density at radius 2 is 1.83 bits per heavy atom. The van der Waals surface area contributed by atoms with Crippen molar-refractivity contribution in [2.75, 3.05) is 16.8 Å². The Kier molecular flexibility index (Phi) is 5.05. The fourth-order valence-electron chi connectivity index (χ4n) is 5.73. The van der Waals surface area contributed by atoms with Crippen molar-refractivity contribution in [3.8, 4) is 5.75 Å². The number of oxazole rings is 1. The maximum Gasteiger partial charge on any atom is 0.396 e. The zero-order valence-electron chi connectivity index (χ0n) is 18.8. The van der Waals surface area contributed by atoms with Crippen LogP contribution in [0.4, 0.5) is 33.7 Å². The highest BCUT2D eigenvalue weighted by Gasteiger charge is 2.51. The molecule has 2 heterocycles. The van der Waals surface area contributed by atoms with Crippen LogP contribution in [-0.2, 0) is 6.42 Å². The largest absolute Gasteiger partial charge is 0.484 e. The van der Waals surface area contributed by atoms with Crippen LogP contribution in [0.2, 0.25) is 0 Å². The first-order valence-electron chi connectivity index (χ1n) is 11.9. The maximum atomic E-state index is 14.6. The van der Waals surface area contributed by atoms with Gasteiger partial charge in [-0.25, -0.2) is 8.78 Å². The second-order valence-corrected chi connectivity index (χ2v) is 10.2. The highest BCUT2D eigenvalue weighted by molar-refractivity contribution is 6.03. The normalized spacial score (nSPS) is 26.2. The lowest BCUT2D eigenvalue weighted by molar-refractivity contribution is -0.130. The van der Waals surface area contributed by atoms with E-state index in [9.17, 15) is 26.7 Å². The highest BCUT2D eigenvalue weighted by atomic mass is 19.4. The Hall–Kier alpha value is -2.85. The van der Waals surface area contributed by atoms with E-state index in [0.29, 0.717) is 18.4 Å². The number of fused-ring (bicyclic) bond motifs is 1. The zero-order valence-corrected chi connectivity index (χ0v) is 18.8. The maximum absolute atomic E-state index is 14.6. The molecule has 6 nitrogen and oxygen atoms in total. The summed E-state index contributed by atoms with van der Waals surface area (Å²) in [6, 6.07) is 1.74. The number of carbonyl (C=O) groups is 1. The van der Waals surface area contributed by atoms with E-state index in [-0.39, 0.29) is 23.3 Å². The number of aromatic nitrogens is 1. The van der Waals surface area contributed by atoms with Gasteiger partial charge in [-0.3, -0.25) is 4.79 Å². The molecule has 4 aliphatic rings. The summed E-state index contributed by atoms with van der Waals surface area (Å²) in [4.78, 5) is 18.7. The lowest BCUT2D eigenvalue weighted by Crippen LogP contribution is -2.64. The van der Waals surface area contributed by atoms with Gasteiger partial charge >= 0.3 is 6.18 Å². The molecule has 35 heavy (non-hydrogen) atoms. The van der Waals surface area contributed by atoms with Gasteiger partial charge in [0.2, 0.25) is 0 Å². The van der Waals surface area contributed by atoms with E-state index in [1.54, 1.807) is 4.90 Å². The van der Waals surface area contributed by atoms with Crippen molar-refractivity contribution >= 4 is 17.6 Å². The van der Waals surface area contributed by atoms with Crippen molar-refractivity contribution in [1.29, 1.82) is 0 Å². The molecule has 1 aromatic carbocycles. The SMILES string of the molecule is O=C(Nc1cc(F)c(OC2CC3C[C@H]3C2)c(F)c1)c1nc(N2CCC23CCC3)oc1CC(F)(F)F. The fraction of sp³-hybridized carbons (Fsp3) is 0.583. The van der Waals surface area contributed by atoms with Crippen molar-refractivity contribution in [1.82, 2.24) is 4.98 Å². The van der Waals surface area contributed by atoms with Gasteiger partial charge in [0.25, 0.3) is 11.9 Å². The molecule has 2 unspecified atom stereocenters. The van der Waals surface area contributed by atoms with Gasteiger partial charge in [-0.1, -0.05) is 0 Å². The minimum Gasteiger partial charge on any atom is -0.484 e. The average Bonchev–Trinajstić information content (AvgIpc) is 3.10. The molecule has 6 rings (SSSR count). The van der Waals surface area contributed by atoms with E-state index >= 15 is 0 Å². The quantitative estimate of drug-likeness (QED) is 0.525. The van der Waals surface area contributed by atoms with E-state index in [1.807, 2.05) is 0 Å². The third-order valence-electron chi connectivity index (χ3n) is 7.89. The van der Waals surface area contributed by atoms with Gasteiger partial charge in [0.1, 0.15) is 12.2 Å². The van der Waals surface area contributed by atoms with Crippen molar-refractivity contribution in [3.63, 3.8) is 0 Å². The Bertz CT molecular complexity index is 1140. The Balaban J connectivity index is 1.21. The molecule has 1 amide bonds. The number of hydrogen-bond donors (Lipinski definition) is 1. The Morgan fingerprint density at radius 3 is 2.37 bits per heavy atom. The number of benzene rings is 1. The summed E-state index contributed by atoms with van der Waals surface area (Å²) in [5, 5.41) is 2.26. The fourth-order valence-corrected chi connectivity index (χ4v) is 5.73. The van der Waals surface area contributed by atoms with Gasteiger partial charge in [0.05, 0.1) is 6.10 Å². The van der Waals surface area contributed by atoms with Crippen molar-refractivity contribution in [3.05, 3.63) is 35.2 Å². The summed E-state index contributed by atoms with van der Waals surface area (Å²) in [6.07, 6.45) is -0.0274. The first kappa shape index (κ1) is 22.6. The average molecular weight is 497 g/mol. The summed E-state index contributed by atoms with van der Waals surface area (Å²) < 4.78 is 79.6. The van der Waals surface area contributed by atoms with Crippen molar-refractivity contribution < 1.29 is 35.9 Å². The van der Waals surface area contributed by atoms with Crippen LogP contribution < -0.4 is 15.0 Å². The second-order valence-electron chi connectivity index (χ2n) is 10.2. The summed E-state index contributed by atoms with van der Waals surface area (Å²) >= 11 is 0. The van der Waals surface area contributed by atoms with Crippen molar-refractivity contribution in [2.45, 2.75) is 69.2 Å². The predicted molar refractivity (Wildman–Crippen MR) is 114 cm³/mol. The van der Waals surface area contributed by atoms with Crippen molar-refractivity contribution in [2.24, 2.45) is 11.8 Å². The number of halogens is 5. The molecule has 1 spiro atoms. The standard InChI is InChI=1S/C24H24F5N3O3/c25-16-9-14(10-17(26)20(16)34-15-7-12-6-13(12)8-15)30-21(33)19-18(11-24(27,28)29)35-22(31-19)32-5-4-23(32)2-1-3-23/h9-10,12-13,15H,1-8,11H2,(H,30,33)/t12-,13?,15?/m0/s1. The van der Waals surface area contributed by atoms with Crippen LogP contribution in [0, 0.1) is 23.5 Å². The summed E-state index contributed by atoms with van der Waals surface area (Å²) in [7, 11) is 0. The second kappa shape index (κ2) is 7.83. The van der Waals surface area contributed by atoms with Crippen LogP contribution in [0.5, 0.6) is 5.75 Å². The molecule has 3 atom stereocenters. The lowest BCUT2D eigenvalue weighted by Gasteiger charge is -2.57. The van der Waals surface area contributed by atoms with Gasteiger partial charge in [-0.2, -0.15) is 18.2 Å². The van der Waals surface area contributed by atoms with Gasteiger partial charge in [0.15, 0.2) is 23.1 Å². The highest BCUT2D eigenvalue weighted by Crippen LogP contribution is 2.53. The molecule has 4 fully saturated rings. The molecule has 188 valence electrons. The number of nitrogens with one attached hydrogen (secondary N) is 1. The molecule has 1 saturated heterocycles. The lowest BCUT2D eigenvalue weighted by atomic mass is 9.68. The first-order valence-corrected chi connectivity index (χ1v) is 11.9. The van der Waals surface area contributed by atoms with Gasteiger partial charge in [0, 0.05) is 29.9 Å². The molecular weight excluding hydrogens is 473 g/mol. The molecule has 0 bridgehead atoms. The molecule has 2 aromatic rings. The first-order chi connectivity index (χ1) is 16.6. The van der Waals surface area contributed by atoms with E-state index in [2.05, 4.69) is 10.3 Å². The third-order valence-corrected chi connectivity index (χ3v) is 7.89. The van der Waals surface area contributed by atoms with E-state index in [0.717, 1.165) is 57.1 Å². The number of alkyl halides is 3. The minimum atomic E-state index is -4.63. The van der Waals surface area contributed by atoms with E-state index < -0.39 is 47.3 Å². The molecule has 1 N–H and O–H groups in total. The Morgan fingerprint density at radius 1 is 1.14 bits per heavy atom. The number of nitrogens with zero attached hydrogens (tertiary/aromatic N) is 2. The number of hydrogen-bond acceptors (Lipinski definition) is 5. The number of anilines is 2. The molecule has 1 aliphatic heterocycles. The summed E-state index contributed by atoms with van der Waals surface area (Å²) in [5.74, 6) is -3.04. The van der Waals surface area contributed by atoms with E-state index in [1.165, 1.54) is 0 Å². The number of carbonyl (C=O) groups excluding carboxylic acids is 1. The molecule has 11 heteroatoms. The monoisotopic (exact) mass is 497 g/mol. The smallest absolute Gasteiger partial charge is 0.396 e. The topological polar surface area (TPSA) is 67.6 Å². The molecular formula is C24H24F5N3O3. The van der Waals surface area contributed by atoms with Gasteiger partial charge in [-0.05, 0) is 56.8 Å². The van der Waals surface area contributed by atoms with Crippen LogP contribution >= 0.6 is 0 Å². The third kappa shape index (κ3) is 4.12. The minimum absolute atomic E-state index is 0.0314. The number of rotatable bonds is 6. The summed E-state index contributed by atoms with van der Waals surface area (Å²) in [6.45, 7) is 0.577. The van der Waals surface area contributed by atoms with Gasteiger partial charge < -0.3 is 19.4 Å². The number of amides is 1. The van der Waals surface area contributed by atoms with E-state index in [4.69, 9.17) is 9.15 Å². The molecule has 0 radical (unpaired) electrons. The van der Waals surface area contributed by atoms with Crippen LogP contribution in [0.15, 0.2) is 16.5 Å². The Labute approximate surface area is 197 Å². The summed E-state index contributed by atoms with van der Waals surface area (Å²) in [5.41, 5.74) is -0.964. The van der Waals surface area contributed by atoms with Gasteiger partial charge in [-0.15, -0.1) is 0 Å². The van der Waals surface area contributed by atoms with Crippen LogP contribution in [0.1, 0.15) is 61.2 Å². The van der Waals surface area contributed by atoms with Crippen LogP contribution in [0.25, 0.3) is 0 Å². The number of ether oxygens (including phenoxy) is 1.